The van der Waals surface area contributed by atoms with Gasteiger partial charge in [-0.05, 0) is 35.0 Å². The predicted molar refractivity (Wildman–Crippen MR) is 103 cm³/mol. The van der Waals surface area contributed by atoms with E-state index in [1.165, 1.54) is 6.07 Å². The van der Waals surface area contributed by atoms with Crippen LogP contribution in [0.3, 0.4) is 0 Å². The molecule has 0 saturated heterocycles. The van der Waals surface area contributed by atoms with Gasteiger partial charge in [-0.25, -0.2) is 4.79 Å². The van der Waals surface area contributed by atoms with Gasteiger partial charge in [0, 0.05) is 21.5 Å². The van der Waals surface area contributed by atoms with E-state index in [-0.39, 0.29) is 6.61 Å². The molecule has 0 aliphatic carbocycles. The Morgan fingerprint density at radius 3 is 2.72 bits per heavy atom. The number of fused-ring (bicyclic) bond motifs is 3. The first-order chi connectivity index (χ1) is 12.1. The van der Waals surface area contributed by atoms with Gasteiger partial charge in [0.05, 0.1) is 5.02 Å². The summed E-state index contributed by atoms with van der Waals surface area (Å²) < 4.78 is 12.1. The fourth-order valence-corrected chi connectivity index (χ4v) is 3.61. The van der Waals surface area contributed by atoms with Crippen LogP contribution < -0.4 is 10.4 Å². The molecule has 0 fully saturated rings. The normalized spacial score (nSPS) is 11.1. The van der Waals surface area contributed by atoms with E-state index < -0.39 is 5.63 Å². The van der Waals surface area contributed by atoms with E-state index in [1.54, 1.807) is 12.1 Å². The highest BCUT2D eigenvalue weighted by Crippen LogP contribution is 2.31. The van der Waals surface area contributed by atoms with Gasteiger partial charge >= 0.3 is 5.63 Å². The van der Waals surface area contributed by atoms with E-state index in [1.807, 2.05) is 42.5 Å². The SMILES string of the molecule is O=c1cc(COc2ccc(Br)cc2Cl)c2c(ccc3ccccc32)o1. The van der Waals surface area contributed by atoms with Gasteiger partial charge < -0.3 is 9.15 Å². The second-order valence-corrected chi connectivity index (χ2v) is 6.94. The van der Waals surface area contributed by atoms with Crippen molar-refractivity contribution in [2.75, 3.05) is 0 Å². The molecule has 124 valence electrons. The Balaban J connectivity index is 1.83. The van der Waals surface area contributed by atoms with Crippen LogP contribution in [0.4, 0.5) is 0 Å². The Hall–Kier alpha value is -2.30. The molecule has 0 aliphatic rings. The van der Waals surface area contributed by atoms with Crippen molar-refractivity contribution in [1.29, 1.82) is 0 Å². The van der Waals surface area contributed by atoms with Crippen LogP contribution in [0.2, 0.25) is 5.02 Å². The van der Waals surface area contributed by atoms with E-state index in [9.17, 15) is 4.79 Å². The Morgan fingerprint density at radius 2 is 1.88 bits per heavy atom. The van der Waals surface area contributed by atoms with Crippen LogP contribution in [0, 0.1) is 0 Å². The van der Waals surface area contributed by atoms with Gasteiger partial charge in [0.1, 0.15) is 17.9 Å². The summed E-state index contributed by atoms with van der Waals surface area (Å²) in [6.07, 6.45) is 0. The summed E-state index contributed by atoms with van der Waals surface area (Å²) in [5.74, 6) is 0.562. The Morgan fingerprint density at radius 1 is 1.04 bits per heavy atom. The van der Waals surface area contributed by atoms with Crippen LogP contribution in [0.5, 0.6) is 5.75 Å². The second-order valence-electron chi connectivity index (χ2n) is 5.61. The van der Waals surface area contributed by atoms with Crippen molar-refractivity contribution in [2.24, 2.45) is 0 Å². The molecule has 0 spiro atoms. The van der Waals surface area contributed by atoms with Gasteiger partial charge in [-0.15, -0.1) is 0 Å². The molecule has 25 heavy (non-hydrogen) atoms. The average Bonchev–Trinajstić information content (AvgIpc) is 2.60. The van der Waals surface area contributed by atoms with Crippen molar-refractivity contribution >= 4 is 49.3 Å². The first-order valence-electron chi connectivity index (χ1n) is 7.64. The van der Waals surface area contributed by atoms with Crippen molar-refractivity contribution in [1.82, 2.24) is 0 Å². The standard InChI is InChI=1S/C20H12BrClO3/c21-14-6-8-17(16(22)10-14)24-11-13-9-19(23)25-18-7-5-12-3-1-2-4-15(12)20(13)18/h1-10H,11H2. The number of rotatable bonds is 3. The zero-order chi connectivity index (χ0) is 17.4. The first-order valence-corrected chi connectivity index (χ1v) is 8.81. The molecule has 3 aromatic carbocycles. The van der Waals surface area contributed by atoms with Gasteiger partial charge in [-0.1, -0.05) is 57.9 Å². The molecule has 0 unspecified atom stereocenters. The molecule has 0 N–H and O–H groups in total. The molecule has 4 aromatic rings. The average molecular weight is 416 g/mol. The molecule has 0 amide bonds. The maximum Gasteiger partial charge on any atom is 0.336 e. The maximum atomic E-state index is 11.9. The molecule has 4 rings (SSSR count). The summed E-state index contributed by atoms with van der Waals surface area (Å²) >= 11 is 9.57. The minimum absolute atomic E-state index is 0.220. The molecule has 1 heterocycles. The van der Waals surface area contributed by atoms with Crippen LogP contribution in [0.25, 0.3) is 21.7 Å². The molecule has 0 bridgehead atoms. The zero-order valence-electron chi connectivity index (χ0n) is 13.0. The van der Waals surface area contributed by atoms with E-state index in [2.05, 4.69) is 15.9 Å². The van der Waals surface area contributed by atoms with Crippen LogP contribution in [0.1, 0.15) is 5.56 Å². The number of ether oxygens (including phenoxy) is 1. The molecule has 0 atom stereocenters. The van der Waals surface area contributed by atoms with Gasteiger partial charge in [-0.3, -0.25) is 0 Å². The summed E-state index contributed by atoms with van der Waals surface area (Å²) in [5.41, 5.74) is 0.914. The molecular weight excluding hydrogens is 404 g/mol. The molecule has 5 heteroatoms. The lowest BCUT2D eigenvalue weighted by molar-refractivity contribution is 0.307. The van der Waals surface area contributed by atoms with Crippen molar-refractivity contribution in [2.45, 2.75) is 6.61 Å². The summed E-state index contributed by atoms with van der Waals surface area (Å²) in [6, 6.07) is 18.6. The minimum atomic E-state index is -0.400. The van der Waals surface area contributed by atoms with Crippen LogP contribution in [-0.4, -0.2) is 0 Å². The molecule has 0 saturated carbocycles. The summed E-state index contributed by atoms with van der Waals surface area (Å²) in [7, 11) is 0. The topological polar surface area (TPSA) is 39.4 Å². The Labute approximate surface area is 156 Å². The van der Waals surface area contributed by atoms with Crippen molar-refractivity contribution in [3.05, 3.63) is 86.1 Å². The summed E-state index contributed by atoms with van der Waals surface area (Å²) in [4.78, 5) is 11.9. The number of hydrogen-bond donors (Lipinski definition) is 0. The Kier molecular flexibility index (Phi) is 4.24. The monoisotopic (exact) mass is 414 g/mol. The highest BCUT2D eigenvalue weighted by atomic mass is 79.9. The van der Waals surface area contributed by atoms with Gasteiger partial charge in [0.15, 0.2) is 0 Å². The van der Waals surface area contributed by atoms with Crippen molar-refractivity contribution < 1.29 is 9.15 Å². The van der Waals surface area contributed by atoms with Gasteiger partial charge in [0.25, 0.3) is 0 Å². The van der Waals surface area contributed by atoms with E-state index in [4.69, 9.17) is 20.8 Å². The fourth-order valence-electron chi connectivity index (χ4n) is 2.88. The van der Waals surface area contributed by atoms with Crippen LogP contribution in [-0.2, 0) is 6.61 Å². The van der Waals surface area contributed by atoms with Crippen LogP contribution in [0.15, 0.2) is 74.3 Å². The summed E-state index contributed by atoms with van der Waals surface area (Å²) in [5, 5.41) is 3.48. The number of hydrogen-bond acceptors (Lipinski definition) is 3. The second kappa shape index (κ2) is 6.54. The highest BCUT2D eigenvalue weighted by molar-refractivity contribution is 9.10. The minimum Gasteiger partial charge on any atom is -0.487 e. The fraction of sp³-hybridized carbons (Fsp3) is 0.0500. The van der Waals surface area contributed by atoms with E-state index >= 15 is 0 Å². The zero-order valence-corrected chi connectivity index (χ0v) is 15.3. The van der Waals surface area contributed by atoms with Crippen LogP contribution >= 0.6 is 27.5 Å². The summed E-state index contributed by atoms with van der Waals surface area (Å²) in [6.45, 7) is 0.220. The molecular formula is C20H12BrClO3. The molecule has 0 aliphatic heterocycles. The van der Waals surface area contributed by atoms with Crippen molar-refractivity contribution in [3.8, 4) is 5.75 Å². The maximum absolute atomic E-state index is 11.9. The van der Waals surface area contributed by atoms with Gasteiger partial charge in [-0.2, -0.15) is 0 Å². The highest BCUT2D eigenvalue weighted by Gasteiger charge is 2.11. The third-order valence-electron chi connectivity index (χ3n) is 3.99. The van der Waals surface area contributed by atoms with Gasteiger partial charge in [0.2, 0.25) is 0 Å². The molecule has 1 aromatic heterocycles. The van der Waals surface area contributed by atoms with E-state index in [0.29, 0.717) is 16.4 Å². The lowest BCUT2D eigenvalue weighted by atomic mass is 10.0. The Bertz CT molecular complexity index is 1150. The third kappa shape index (κ3) is 3.15. The number of benzene rings is 3. The lowest BCUT2D eigenvalue weighted by Crippen LogP contribution is -2.04. The lowest BCUT2D eigenvalue weighted by Gasteiger charge is -2.11. The quantitative estimate of drug-likeness (QED) is 0.307. The molecule has 3 nitrogen and oxygen atoms in total. The first kappa shape index (κ1) is 16.2. The largest absolute Gasteiger partial charge is 0.487 e. The smallest absolute Gasteiger partial charge is 0.336 e. The van der Waals surface area contributed by atoms with E-state index in [0.717, 1.165) is 26.2 Å². The van der Waals surface area contributed by atoms with Crippen molar-refractivity contribution in [3.63, 3.8) is 0 Å². The predicted octanol–water partition coefficient (Wildman–Crippen LogP) is 5.94. The third-order valence-corrected chi connectivity index (χ3v) is 4.78. The number of halogens is 2. The molecule has 0 radical (unpaired) electrons.